The van der Waals surface area contributed by atoms with Crippen molar-refractivity contribution in [2.24, 2.45) is 11.8 Å². The van der Waals surface area contributed by atoms with Gasteiger partial charge in [-0.3, -0.25) is 14.4 Å². The van der Waals surface area contributed by atoms with Gasteiger partial charge in [-0.05, 0) is 59.7 Å². The number of hydrogen-bond donors (Lipinski definition) is 1. The zero-order chi connectivity index (χ0) is 25.8. The highest BCUT2D eigenvalue weighted by Gasteiger charge is 2.64. The lowest BCUT2D eigenvalue weighted by Crippen LogP contribution is -2.46. The van der Waals surface area contributed by atoms with Crippen LogP contribution in [0.15, 0.2) is 72.9 Å². The summed E-state index contributed by atoms with van der Waals surface area (Å²) < 4.78 is 5.39. The van der Waals surface area contributed by atoms with E-state index in [9.17, 15) is 14.4 Å². The van der Waals surface area contributed by atoms with Crippen LogP contribution in [0.2, 0.25) is 10.0 Å². The Labute approximate surface area is 223 Å². The molecule has 3 heterocycles. The third kappa shape index (κ3) is 3.69. The number of rotatable bonds is 4. The molecule has 7 nitrogen and oxygen atoms in total. The molecular formula is C28H21Cl2N3O4. The molecule has 3 aromatic carbocycles. The monoisotopic (exact) mass is 533 g/mol. The van der Waals surface area contributed by atoms with Crippen molar-refractivity contribution in [3.63, 3.8) is 0 Å². The molecular weight excluding hydrogens is 513 g/mol. The zero-order valence-corrected chi connectivity index (χ0v) is 21.1. The van der Waals surface area contributed by atoms with Gasteiger partial charge in [0.1, 0.15) is 11.8 Å². The van der Waals surface area contributed by atoms with Crippen LogP contribution in [0, 0.1) is 11.8 Å². The Hall–Kier alpha value is -3.81. The molecule has 0 radical (unpaired) electrons. The van der Waals surface area contributed by atoms with Gasteiger partial charge in [-0.2, -0.15) is 0 Å². The lowest BCUT2D eigenvalue weighted by molar-refractivity contribution is -0.128. The molecule has 2 fully saturated rings. The summed E-state index contributed by atoms with van der Waals surface area (Å²) in [5.41, 5.74) is 2.66. The first-order valence-electron chi connectivity index (χ1n) is 11.7. The molecule has 3 aliphatic rings. The fourth-order valence-corrected chi connectivity index (χ4v) is 5.98. The first-order chi connectivity index (χ1) is 17.9. The number of ether oxygens (including phenoxy) is 1. The number of fused-ring (bicyclic) bond motifs is 5. The highest BCUT2D eigenvalue weighted by atomic mass is 35.5. The van der Waals surface area contributed by atoms with E-state index in [0.29, 0.717) is 27.2 Å². The maximum absolute atomic E-state index is 13.9. The number of anilines is 2. The highest BCUT2D eigenvalue weighted by molar-refractivity contribution is 6.31. The molecule has 0 spiro atoms. The lowest BCUT2D eigenvalue weighted by atomic mass is 9.84. The number of carbonyl (C=O) groups excluding carboxylic acids is 3. The summed E-state index contributed by atoms with van der Waals surface area (Å²) >= 11 is 12.2. The van der Waals surface area contributed by atoms with Gasteiger partial charge in [-0.1, -0.05) is 47.5 Å². The number of halogens is 2. The van der Waals surface area contributed by atoms with Crippen molar-refractivity contribution >= 4 is 58.4 Å². The molecule has 0 aliphatic carbocycles. The zero-order valence-electron chi connectivity index (χ0n) is 19.6. The largest absolute Gasteiger partial charge is 0.495 e. The minimum atomic E-state index is -0.933. The van der Waals surface area contributed by atoms with Crippen LogP contribution in [0.3, 0.4) is 0 Å². The molecule has 3 amide bonds. The summed E-state index contributed by atoms with van der Waals surface area (Å²) in [5.74, 6) is -2.40. The Balaban J connectivity index is 1.44. The Morgan fingerprint density at radius 3 is 2.38 bits per heavy atom. The fourth-order valence-electron chi connectivity index (χ4n) is 5.69. The summed E-state index contributed by atoms with van der Waals surface area (Å²) in [4.78, 5) is 44.6. The van der Waals surface area contributed by atoms with Crippen molar-refractivity contribution in [2.75, 3.05) is 17.3 Å². The molecule has 3 aromatic rings. The van der Waals surface area contributed by atoms with Crippen LogP contribution < -0.4 is 15.0 Å². The van der Waals surface area contributed by atoms with E-state index < -0.39 is 35.7 Å². The van der Waals surface area contributed by atoms with E-state index in [1.54, 1.807) is 48.7 Å². The number of imide groups is 1. The summed E-state index contributed by atoms with van der Waals surface area (Å²) in [6.07, 6.45) is 3.71. The van der Waals surface area contributed by atoms with E-state index in [4.69, 9.17) is 27.9 Å². The second kappa shape index (κ2) is 8.94. The van der Waals surface area contributed by atoms with Crippen molar-refractivity contribution in [3.8, 4) is 5.75 Å². The number of hydrogen-bond acceptors (Lipinski definition) is 5. The predicted molar refractivity (Wildman–Crippen MR) is 141 cm³/mol. The van der Waals surface area contributed by atoms with Gasteiger partial charge in [0.25, 0.3) is 0 Å². The molecule has 186 valence electrons. The van der Waals surface area contributed by atoms with Crippen LogP contribution in [-0.2, 0) is 14.4 Å². The van der Waals surface area contributed by atoms with Crippen molar-refractivity contribution in [2.45, 2.75) is 12.1 Å². The second-order valence-electron chi connectivity index (χ2n) is 9.16. The van der Waals surface area contributed by atoms with Crippen LogP contribution in [-0.4, -0.2) is 35.8 Å². The summed E-state index contributed by atoms with van der Waals surface area (Å²) in [5, 5.41) is 3.80. The van der Waals surface area contributed by atoms with Crippen LogP contribution >= 0.6 is 23.2 Å². The average molecular weight is 534 g/mol. The van der Waals surface area contributed by atoms with E-state index in [1.807, 2.05) is 35.2 Å². The van der Waals surface area contributed by atoms with E-state index in [-0.39, 0.29) is 5.91 Å². The number of nitrogens with one attached hydrogen (secondary N) is 1. The number of benzene rings is 3. The first-order valence-corrected chi connectivity index (χ1v) is 12.5. The summed E-state index contributed by atoms with van der Waals surface area (Å²) in [6.45, 7) is 0. The summed E-state index contributed by atoms with van der Waals surface area (Å²) in [7, 11) is 1.49. The molecule has 37 heavy (non-hydrogen) atoms. The molecule has 0 saturated carbocycles. The third-order valence-corrected chi connectivity index (χ3v) is 7.72. The maximum atomic E-state index is 13.9. The Kier molecular flexibility index (Phi) is 5.70. The van der Waals surface area contributed by atoms with Gasteiger partial charge in [0, 0.05) is 16.2 Å². The van der Waals surface area contributed by atoms with Gasteiger partial charge in [0.15, 0.2) is 0 Å². The smallest absolute Gasteiger partial charge is 0.248 e. The van der Waals surface area contributed by atoms with E-state index in [0.717, 1.165) is 11.1 Å². The van der Waals surface area contributed by atoms with Gasteiger partial charge in [0.2, 0.25) is 17.7 Å². The molecule has 0 bridgehead atoms. The summed E-state index contributed by atoms with van der Waals surface area (Å²) in [6, 6.07) is 17.7. The fraction of sp³-hybridized carbons (Fsp3) is 0.179. The van der Waals surface area contributed by atoms with Gasteiger partial charge >= 0.3 is 0 Å². The standard InChI is InChI=1S/C28H21Cl2N3O4/c1-37-21-11-8-17(30)14-20(21)31-26(34)25-23-22(24-19-5-3-2-4-15(19)12-13-32(24)25)27(35)33(28(23)36)18-9-6-16(29)7-10-18/h2-14,22-25H,1H3,(H,31,34)/t22-,23-,24-,25+/m1/s1. The van der Waals surface area contributed by atoms with Gasteiger partial charge in [-0.15, -0.1) is 0 Å². The van der Waals surface area contributed by atoms with Crippen molar-refractivity contribution < 1.29 is 19.1 Å². The Bertz CT molecular complexity index is 1470. The normalized spacial score (nSPS) is 23.5. The Morgan fingerprint density at radius 2 is 1.62 bits per heavy atom. The molecule has 1 N–H and O–H groups in total. The average Bonchev–Trinajstić information content (AvgIpc) is 3.37. The minimum absolute atomic E-state index is 0.340. The molecule has 0 unspecified atom stereocenters. The third-order valence-electron chi connectivity index (χ3n) is 7.23. The quantitative estimate of drug-likeness (QED) is 0.469. The van der Waals surface area contributed by atoms with E-state index in [2.05, 4.69) is 5.32 Å². The molecule has 9 heteroatoms. The van der Waals surface area contributed by atoms with Crippen LogP contribution in [0.5, 0.6) is 5.75 Å². The molecule has 3 aliphatic heterocycles. The molecule has 4 atom stereocenters. The van der Waals surface area contributed by atoms with Crippen LogP contribution in [0.25, 0.3) is 6.08 Å². The molecule has 6 rings (SSSR count). The SMILES string of the molecule is COc1ccc(Cl)cc1NC(=O)[C@@H]1[C@@H]2C(=O)N(c3ccc(Cl)cc3)C(=O)[C@H]2[C@H]2c3ccccc3C=CN12. The van der Waals surface area contributed by atoms with E-state index >= 15 is 0 Å². The highest BCUT2D eigenvalue weighted by Crippen LogP contribution is 2.53. The lowest BCUT2D eigenvalue weighted by Gasteiger charge is -2.35. The van der Waals surface area contributed by atoms with Gasteiger partial charge < -0.3 is 15.0 Å². The minimum Gasteiger partial charge on any atom is -0.495 e. The maximum Gasteiger partial charge on any atom is 0.248 e. The number of carbonyl (C=O) groups is 3. The van der Waals surface area contributed by atoms with Crippen LogP contribution in [0.4, 0.5) is 11.4 Å². The van der Waals surface area contributed by atoms with Crippen LogP contribution in [0.1, 0.15) is 17.2 Å². The molecule has 0 aromatic heterocycles. The van der Waals surface area contributed by atoms with Crippen molar-refractivity contribution in [3.05, 3.63) is 94.1 Å². The number of methoxy groups -OCH3 is 1. The first kappa shape index (κ1) is 23.6. The predicted octanol–water partition coefficient (Wildman–Crippen LogP) is 5.16. The number of nitrogens with zero attached hydrogens (tertiary/aromatic N) is 2. The van der Waals surface area contributed by atoms with Crippen molar-refractivity contribution in [1.29, 1.82) is 0 Å². The topological polar surface area (TPSA) is 79.0 Å². The number of amides is 3. The van der Waals surface area contributed by atoms with E-state index in [1.165, 1.54) is 12.0 Å². The van der Waals surface area contributed by atoms with Crippen molar-refractivity contribution in [1.82, 2.24) is 4.90 Å². The van der Waals surface area contributed by atoms with Gasteiger partial charge in [-0.25, -0.2) is 4.90 Å². The van der Waals surface area contributed by atoms with Gasteiger partial charge in [0.05, 0.1) is 36.4 Å². The second-order valence-corrected chi connectivity index (χ2v) is 10.0. The Morgan fingerprint density at radius 1 is 0.919 bits per heavy atom. The molecule has 2 saturated heterocycles.